The van der Waals surface area contributed by atoms with Crippen LogP contribution in [0.5, 0.6) is 0 Å². The lowest BCUT2D eigenvalue weighted by molar-refractivity contribution is -0.140. The summed E-state index contributed by atoms with van der Waals surface area (Å²) in [5.41, 5.74) is -0.274. The van der Waals surface area contributed by atoms with Crippen LogP contribution in [0.15, 0.2) is 11.1 Å². The Morgan fingerprint density at radius 3 is 1.78 bits per heavy atom. The van der Waals surface area contributed by atoms with Crippen molar-refractivity contribution in [2.24, 2.45) is 11.3 Å². The molecule has 0 aromatic heterocycles. The molecule has 4 heteroatoms. The third-order valence-electron chi connectivity index (χ3n) is 3.51. The first kappa shape index (κ1) is 16.7. The van der Waals surface area contributed by atoms with Crippen LogP contribution < -0.4 is 0 Å². The lowest BCUT2D eigenvalue weighted by Gasteiger charge is -2.34. The lowest BCUT2D eigenvalue weighted by atomic mass is 9.70. The first-order chi connectivity index (χ1) is 8.21. The lowest BCUT2D eigenvalue weighted by Crippen LogP contribution is -2.28. The monoisotopic (exact) mass is 256 g/mol. The standard InChI is InChI=1S/C14H24O4/c1-6-8-14(5,7-2)11(9(3)4)10(12(15)16)13(17)18/h9H,6-8H2,1-5H3,(H,15,16)(H,17,18). The van der Waals surface area contributed by atoms with Gasteiger partial charge < -0.3 is 10.2 Å². The van der Waals surface area contributed by atoms with Crippen molar-refractivity contribution in [1.29, 1.82) is 0 Å². The molecular weight excluding hydrogens is 232 g/mol. The highest BCUT2D eigenvalue weighted by molar-refractivity contribution is 6.13. The first-order valence-corrected chi connectivity index (χ1v) is 6.42. The Bertz CT molecular complexity index is 339. The Balaban J connectivity index is 6.02. The van der Waals surface area contributed by atoms with Crippen LogP contribution in [-0.2, 0) is 9.59 Å². The Morgan fingerprint density at radius 1 is 1.11 bits per heavy atom. The number of carboxylic acids is 2. The maximum Gasteiger partial charge on any atom is 0.343 e. The molecule has 0 bridgehead atoms. The molecule has 1 atom stereocenters. The highest BCUT2D eigenvalue weighted by Crippen LogP contribution is 2.41. The summed E-state index contributed by atoms with van der Waals surface area (Å²) in [6.45, 7) is 9.65. The summed E-state index contributed by atoms with van der Waals surface area (Å²) in [6.07, 6.45) is 2.42. The van der Waals surface area contributed by atoms with Crippen molar-refractivity contribution in [3.8, 4) is 0 Å². The van der Waals surface area contributed by atoms with E-state index in [4.69, 9.17) is 10.2 Å². The third kappa shape index (κ3) is 3.59. The summed E-state index contributed by atoms with van der Waals surface area (Å²) in [4.78, 5) is 22.4. The van der Waals surface area contributed by atoms with E-state index in [1.807, 2.05) is 34.6 Å². The Kier molecular flexibility index (Phi) is 6.09. The van der Waals surface area contributed by atoms with Gasteiger partial charge in [-0.05, 0) is 29.7 Å². The molecule has 0 aliphatic heterocycles. The van der Waals surface area contributed by atoms with Crippen molar-refractivity contribution in [2.75, 3.05) is 0 Å². The van der Waals surface area contributed by atoms with E-state index in [0.29, 0.717) is 5.57 Å². The third-order valence-corrected chi connectivity index (χ3v) is 3.51. The zero-order valence-corrected chi connectivity index (χ0v) is 11.9. The van der Waals surface area contributed by atoms with E-state index in [2.05, 4.69) is 0 Å². The molecule has 0 saturated heterocycles. The number of carboxylic acid groups (broad SMARTS) is 2. The van der Waals surface area contributed by atoms with Crippen molar-refractivity contribution >= 4 is 11.9 Å². The molecule has 1 unspecified atom stereocenters. The van der Waals surface area contributed by atoms with Gasteiger partial charge in [-0.1, -0.05) is 41.0 Å². The minimum absolute atomic E-state index is 0.0938. The van der Waals surface area contributed by atoms with Crippen LogP contribution in [0.1, 0.15) is 53.9 Å². The summed E-state index contributed by atoms with van der Waals surface area (Å²) >= 11 is 0. The van der Waals surface area contributed by atoms with Crippen LogP contribution in [0.2, 0.25) is 0 Å². The maximum atomic E-state index is 11.2. The zero-order chi connectivity index (χ0) is 14.5. The molecule has 0 rings (SSSR count). The van der Waals surface area contributed by atoms with Crippen LogP contribution in [-0.4, -0.2) is 22.2 Å². The molecule has 0 spiro atoms. The van der Waals surface area contributed by atoms with E-state index < -0.39 is 17.5 Å². The second-order valence-electron chi connectivity index (χ2n) is 5.22. The van der Waals surface area contributed by atoms with Crippen molar-refractivity contribution < 1.29 is 19.8 Å². The molecule has 104 valence electrons. The molecule has 18 heavy (non-hydrogen) atoms. The fraction of sp³-hybridized carbons (Fsp3) is 0.714. The quantitative estimate of drug-likeness (QED) is 0.416. The van der Waals surface area contributed by atoms with Crippen LogP contribution in [0.4, 0.5) is 0 Å². The molecule has 0 heterocycles. The van der Waals surface area contributed by atoms with Crippen molar-refractivity contribution in [3.63, 3.8) is 0 Å². The van der Waals surface area contributed by atoms with Gasteiger partial charge >= 0.3 is 11.9 Å². The number of allylic oxidation sites excluding steroid dienone is 1. The summed E-state index contributed by atoms with van der Waals surface area (Å²) in [5, 5.41) is 18.3. The largest absolute Gasteiger partial charge is 0.477 e. The van der Waals surface area contributed by atoms with Gasteiger partial charge in [0.15, 0.2) is 0 Å². The SMILES string of the molecule is CCCC(C)(CC)C(=C(C(=O)O)C(=O)O)C(C)C. The summed E-state index contributed by atoms with van der Waals surface area (Å²) in [7, 11) is 0. The smallest absolute Gasteiger partial charge is 0.343 e. The summed E-state index contributed by atoms with van der Waals surface area (Å²) in [6, 6.07) is 0. The highest BCUT2D eigenvalue weighted by atomic mass is 16.4. The van der Waals surface area contributed by atoms with Gasteiger partial charge in [0.05, 0.1) is 0 Å². The minimum atomic E-state index is -1.35. The Morgan fingerprint density at radius 2 is 1.56 bits per heavy atom. The average molecular weight is 256 g/mol. The van der Waals surface area contributed by atoms with E-state index in [1.165, 1.54) is 0 Å². The van der Waals surface area contributed by atoms with E-state index in [0.717, 1.165) is 19.3 Å². The van der Waals surface area contributed by atoms with Crippen LogP contribution in [0.25, 0.3) is 0 Å². The van der Waals surface area contributed by atoms with Gasteiger partial charge in [-0.15, -0.1) is 0 Å². The van der Waals surface area contributed by atoms with Crippen LogP contribution in [0, 0.1) is 11.3 Å². The second kappa shape index (κ2) is 6.57. The predicted octanol–water partition coefficient (Wildman–Crippen LogP) is 3.32. The summed E-state index contributed by atoms with van der Waals surface area (Å²) in [5.74, 6) is -2.78. The molecule has 0 aromatic carbocycles. The molecule has 4 nitrogen and oxygen atoms in total. The van der Waals surface area contributed by atoms with Crippen LogP contribution >= 0.6 is 0 Å². The van der Waals surface area contributed by atoms with Gasteiger partial charge in [-0.25, -0.2) is 9.59 Å². The maximum absolute atomic E-state index is 11.2. The number of rotatable bonds is 7. The molecule has 0 amide bonds. The van der Waals surface area contributed by atoms with Crippen molar-refractivity contribution in [1.82, 2.24) is 0 Å². The zero-order valence-electron chi connectivity index (χ0n) is 11.9. The first-order valence-electron chi connectivity index (χ1n) is 6.42. The molecule has 2 N–H and O–H groups in total. The number of carbonyl (C=O) groups is 2. The van der Waals surface area contributed by atoms with Gasteiger partial charge in [-0.2, -0.15) is 0 Å². The molecule has 0 fully saturated rings. The van der Waals surface area contributed by atoms with E-state index in [1.54, 1.807) is 0 Å². The fourth-order valence-corrected chi connectivity index (χ4v) is 2.66. The van der Waals surface area contributed by atoms with Gasteiger partial charge in [0, 0.05) is 0 Å². The van der Waals surface area contributed by atoms with Gasteiger partial charge in [0.1, 0.15) is 5.57 Å². The van der Waals surface area contributed by atoms with Gasteiger partial charge in [0.2, 0.25) is 0 Å². The Hall–Kier alpha value is -1.32. The molecule has 0 aliphatic carbocycles. The molecule has 0 saturated carbocycles. The molecule has 0 aliphatic rings. The normalized spacial score (nSPS) is 14.1. The predicted molar refractivity (Wildman–Crippen MR) is 70.4 cm³/mol. The molecular formula is C14H24O4. The van der Waals surface area contributed by atoms with E-state index >= 15 is 0 Å². The Labute approximate surface area is 109 Å². The van der Waals surface area contributed by atoms with E-state index in [-0.39, 0.29) is 11.3 Å². The molecule has 0 radical (unpaired) electrons. The molecule has 0 aromatic rings. The minimum Gasteiger partial charge on any atom is -0.477 e. The fourth-order valence-electron chi connectivity index (χ4n) is 2.66. The summed E-state index contributed by atoms with van der Waals surface area (Å²) < 4.78 is 0. The van der Waals surface area contributed by atoms with Crippen LogP contribution in [0.3, 0.4) is 0 Å². The second-order valence-corrected chi connectivity index (χ2v) is 5.22. The number of hydrogen-bond donors (Lipinski definition) is 2. The highest BCUT2D eigenvalue weighted by Gasteiger charge is 2.35. The van der Waals surface area contributed by atoms with Crippen molar-refractivity contribution in [2.45, 2.75) is 53.9 Å². The topological polar surface area (TPSA) is 74.6 Å². The van der Waals surface area contributed by atoms with Gasteiger partial charge in [-0.3, -0.25) is 0 Å². The average Bonchev–Trinajstić information content (AvgIpc) is 2.24. The van der Waals surface area contributed by atoms with Gasteiger partial charge in [0.25, 0.3) is 0 Å². The number of aliphatic carboxylic acids is 2. The van der Waals surface area contributed by atoms with Crippen molar-refractivity contribution in [3.05, 3.63) is 11.1 Å². The van der Waals surface area contributed by atoms with E-state index in [9.17, 15) is 9.59 Å². The number of hydrogen-bond acceptors (Lipinski definition) is 2.